The molecule has 1 saturated carbocycles. The molecule has 4 N–H and O–H groups in total. The smallest absolute Gasteiger partial charge is 0.319 e. The number of thiocarbonyl (C=S) groups is 1. The van der Waals surface area contributed by atoms with Crippen LogP contribution >= 0.6 is 12.2 Å². The molecule has 108 valence electrons. The first kappa shape index (κ1) is 14.6. The number of urea groups is 1. The second kappa shape index (κ2) is 7.09. The zero-order valence-corrected chi connectivity index (χ0v) is 12.0. The molecule has 0 unspecified atom stereocenters. The number of carbonyl (C=O) groups is 1. The van der Waals surface area contributed by atoms with Crippen LogP contribution in [0.5, 0.6) is 5.75 Å². The van der Waals surface area contributed by atoms with Crippen LogP contribution in [0, 0.1) is 0 Å². The summed E-state index contributed by atoms with van der Waals surface area (Å²) in [6, 6.07) is 7.28. The fraction of sp³-hybridized carbons (Fsp3) is 0.429. The third kappa shape index (κ3) is 4.38. The molecule has 6 heteroatoms. The van der Waals surface area contributed by atoms with Crippen molar-refractivity contribution in [3.63, 3.8) is 0 Å². The topological polar surface area (TPSA) is 76.4 Å². The Morgan fingerprint density at radius 1 is 1.35 bits per heavy atom. The Hall–Kier alpha value is -1.82. The van der Waals surface area contributed by atoms with Gasteiger partial charge in [0.15, 0.2) is 0 Å². The Kier molecular flexibility index (Phi) is 5.17. The van der Waals surface area contributed by atoms with Gasteiger partial charge in [-0.05, 0) is 25.0 Å². The molecule has 2 amide bonds. The lowest BCUT2D eigenvalue weighted by atomic mass is 10.2. The van der Waals surface area contributed by atoms with Crippen LogP contribution in [-0.4, -0.2) is 23.7 Å². The lowest BCUT2D eigenvalue weighted by Crippen LogP contribution is -2.36. The van der Waals surface area contributed by atoms with E-state index in [1.807, 2.05) is 12.1 Å². The number of benzene rings is 1. The van der Waals surface area contributed by atoms with E-state index in [9.17, 15) is 4.79 Å². The van der Waals surface area contributed by atoms with E-state index in [2.05, 4.69) is 10.6 Å². The van der Waals surface area contributed by atoms with Gasteiger partial charge in [0.1, 0.15) is 17.3 Å². The molecule has 20 heavy (non-hydrogen) atoms. The highest BCUT2D eigenvalue weighted by Crippen LogP contribution is 2.24. The Labute approximate surface area is 123 Å². The molecular formula is C14H19N3O2S. The highest BCUT2D eigenvalue weighted by molar-refractivity contribution is 7.80. The minimum Gasteiger partial charge on any atom is -0.484 e. The van der Waals surface area contributed by atoms with Gasteiger partial charge in [-0.15, -0.1) is 0 Å². The van der Waals surface area contributed by atoms with Crippen molar-refractivity contribution in [1.29, 1.82) is 0 Å². The minimum atomic E-state index is -0.205. The predicted molar refractivity (Wildman–Crippen MR) is 83.1 cm³/mol. The van der Waals surface area contributed by atoms with E-state index in [1.165, 1.54) is 12.8 Å². The van der Waals surface area contributed by atoms with E-state index in [-0.39, 0.29) is 23.7 Å². The van der Waals surface area contributed by atoms with Gasteiger partial charge in [0.2, 0.25) is 0 Å². The molecule has 1 aromatic rings. The molecule has 0 aromatic heterocycles. The number of nitrogens with two attached hydrogens (primary N) is 1. The fourth-order valence-electron chi connectivity index (χ4n) is 2.26. The third-order valence-electron chi connectivity index (χ3n) is 3.20. The zero-order valence-electron chi connectivity index (χ0n) is 11.2. The van der Waals surface area contributed by atoms with Gasteiger partial charge in [0.25, 0.3) is 0 Å². The number of amides is 2. The van der Waals surface area contributed by atoms with Crippen LogP contribution in [0.1, 0.15) is 25.7 Å². The summed E-state index contributed by atoms with van der Waals surface area (Å²) in [5, 5.41) is 5.77. The van der Waals surface area contributed by atoms with E-state index in [4.69, 9.17) is 22.7 Å². The van der Waals surface area contributed by atoms with Crippen molar-refractivity contribution in [3.8, 4) is 5.75 Å². The van der Waals surface area contributed by atoms with Crippen molar-refractivity contribution >= 4 is 28.9 Å². The summed E-state index contributed by atoms with van der Waals surface area (Å²) in [7, 11) is 0. The molecule has 0 radical (unpaired) electrons. The van der Waals surface area contributed by atoms with E-state index >= 15 is 0 Å². The van der Waals surface area contributed by atoms with E-state index in [0.29, 0.717) is 11.4 Å². The molecule has 2 rings (SSSR count). The van der Waals surface area contributed by atoms with E-state index in [1.54, 1.807) is 12.1 Å². The summed E-state index contributed by atoms with van der Waals surface area (Å²) in [6.45, 7) is 0.151. The number of anilines is 1. The Morgan fingerprint density at radius 3 is 2.75 bits per heavy atom. The molecule has 1 fully saturated rings. The van der Waals surface area contributed by atoms with Gasteiger partial charge in [-0.1, -0.05) is 37.2 Å². The van der Waals surface area contributed by atoms with Crippen LogP contribution < -0.4 is 21.1 Å². The normalized spacial score (nSPS) is 14.8. The van der Waals surface area contributed by atoms with Gasteiger partial charge in [-0.25, -0.2) is 4.79 Å². The number of ether oxygens (including phenoxy) is 1. The SMILES string of the molecule is NC(=S)COc1ccccc1NC(=O)NC1CCCC1. The van der Waals surface area contributed by atoms with Gasteiger partial charge in [-0.2, -0.15) is 0 Å². The zero-order chi connectivity index (χ0) is 14.4. The van der Waals surface area contributed by atoms with E-state index < -0.39 is 0 Å². The van der Waals surface area contributed by atoms with Gasteiger partial charge in [0.05, 0.1) is 5.69 Å². The molecule has 0 spiro atoms. The average Bonchev–Trinajstić information content (AvgIpc) is 2.90. The molecule has 5 nitrogen and oxygen atoms in total. The summed E-state index contributed by atoms with van der Waals surface area (Å²) in [4.78, 5) is 12.2. The van der Waals surface area contributed by atoms with Crippen molar-refractivity contribution in [2.24, 2.45) is 5.73 Å². The summed E-state index contributed by atoms with van der Waals surface area (Å²) in [6.07, 6.45) is 4.46. The quantitative estimate of drug-likeness (QED) is 0.729. The maximum absolute atomic E-state index is 11.9. The monoisotopic (exact) mass is 293 g/mol. The first-order valence-corrected chi connectivity index (χ1v) is 7.13. The molecule has 1 aliphatic rings. The fourth-order valence-corrected chi connectivity index (χ4v) is 2.32. The molecule has 1 aromatic carbocycles. The summed E-state index contributed by atoms with van der Waals surface area (Å²) in [5.74, 6) is 0.557. The first-order chi connectivity index (χ1) is 9.65. The molecule has 0 bridgehead atoms. The summed E-state index contributed by atoms with van der Waals surface area (Å²) < 4.78 is 5.46. The highest BCUT2D eigenvalue weighted by atomic mass is 32.1. The van der Waals surface area contributed by atoms with Crippen molar-refractivity contribution in [1.82, 2.24) is 5.32 Å². The van der Waals surface area contributed by atoms with Crippen molar-refractivity contribution in [2.45, 2.75) is 31.7 Å². The summed E-state index contributed by atoms with van der Waals surface area (Å²) >= 11 is 4.77. The van der Waals surface area contributed by atoms with Crippen LogP contribution in [0.25, 0.3) is 0 Å². The lowest BCUT2D eigenvalue weighted by molar-refractivity contribution is 0.248. The van der Waals surface area contributed by atoms with Crippen LogP contribution in [0.2, 0.25) is 0 Å². The van der Waals surface area contributed by atoms with Crippen molar-refractivity contribution in [3.05, 3.63) is 24.3 Å². The molecule has 0 heterocycles. The highest BCUT2D eigenvalue weighted by Gasteiger charge is 2.17. The molecule has 0 atom stereocenters. The second-order valence-electron chi connectivity index (χ2n) is 4.83. The van der Waals surface area contributed by atoms with Crippen LogP contribution in [0.3, 0.4) is 0 Å². The number of hydrogen-bond acceptors (Lipinski definition) is 3. The van der Waals surface area contributed by atoms with Gasteiger partial charge in [0, 0.05) is 6.04 Å². The van der Waals surface area contributed by atoms with Gasteiger partial charge < -0.3 is 21.1 Å². The molecule has 1 aliphatic carbocycles. The Balaban J connectivity index is 1.93. The molecule has 0 aliphatic heterocycles. The second-order valence-corrected chi connectivity index (χ2v) is 5.36. The van der Waals surface area contributed by atoms with Crippen molar-refractivity contribution in [2.75, 3.05) is 11.9 Å². The number of para-hydroxylation sites is 2. The van der Waals surface area contributed by atoms with Crippen molar-refractivity contribution < 1.29 is 9.53 Å². The Morgan fingerprint density at radius 2 is 2.05 bits per heavy atom. The average molecular weight is 293 g/mol. The van der Waals surface area contributed by atoms with Gasteiger partial charge >= 0.3 is 6.03 Å². The molecular weight excluding hydrogens is 274 g/mol. The van der Waals surface area contributed by atoms with Gasteiger partial charge in [-0.3, -0.25) is 0 Å². The lowest BCUT2D eigenvalue weighted by Gasteiger charge is -2.15. The number of rotatable bonds is 5. The van der Waals surface area contributed by atoms with Crippen LogP contribution in [0.4, 0.5) is 10.5 Å². The minimum absolute atomic E-state index is 0.151. The largest absolute Gasteiger partial charge is 0.484 e. The maximum atomic E-state index is 11.9. The molecule has 0 saturated heterocycles. The van der Waals surface area contributed by atoms with Crippen LogP contribution in [0.15, 0.2) is 24.3 Å². The summed E-state index contributed by atoms with van der Waals surface area (Å²) in [5.41, 5.74) is 6.02. The maximum Gasteiger partial charge on any atom is 0.319 e. The Bertz CT molecular complexity index is 487. The number of nitrogens with one attached hydrogen (secondary N) is 2. The third-order valence-corrected chi connectivity index (χ3v) is 3.31. The standard InChI is InChI=1S/C14H19N3O2S/c15-13(20)9-19-12-8-4-3-7-11(12)17-14(18)16-10-5-1-2-6-10/h3-4,7-8,10H,1-2,5-6,9H2,(H2,15,20)(H2,16,17,18). The van der Waals surface area contributed by atoms with E-state index in [0.717, 1.165) is 12.8 Å². The predicted octanol–water partition coefficient (Wildman–Crippen LogP) is 2.42. The number of carbonyl (C=O) groups excluding carboxylic acids is 1. The first-order valence-electron chi connectivity index (χ1n) is 6.73. The van der Waals surface area contributed by atoms with Crippen LogP contribution in [-0.2, 0) is 0 Å². The number of hydrogen-bond donors (Lipinski definition) is 3.